The number of methoxy groups -OCH3 is 1. The molecule has 0 fully saturated rings. The molecule has 1 aromatic carbocycles. The molecule has 0 spiro atoms. The predicted molar refractivity (Wildman–Crippen MR) is 113 cm³/mol. The van der Waals surface area contributed by atoms with Crippen LogP contribution in [-0.2, 0) is 11.3 Å². The maximum absolute atomic E-state index is 12.5. The van der Waals surface area contributed by atoms with Gasteiger partial charge in [-0.05, 0) is 52.0 Å². The second kappa shape index (κ2) is 8.73. The smallest absolute Gasteiger partial charge is 0.233 e. The van der Waals surface area contributed by atoms with Gasteiger partial charge in [-0.3, -0.25) is 9.36 Å². The first kappa shape index (κ1) is 21.0. The minimum atomic E-state index is -0.327. The van der Waals surface area contributed by atoms with E-state index < -0.39 is 0 Å². The Morgan fingerprint density at radius 1 is 1.28 bits per heavy atom. The van der Waals surface area contributed by atoms with E-state index in [0.717, 1.165) is 17.1 Å². The molecule has 1 atom stereocenters. The van der Waals surface area contributed by atoms with Crippen LogP contribution in [0.3, 0.4) is 0 Å². The second-order valence-electron chi connectivity index (χ2n) is 7.70. The fourth-order valence-corrected chi connectivity index (χ4v) is 3.58. The van der Waals surface area contributed by atoms with Crippen molar-refractivity contribution >= 4 is 17.7 Å². The molecule has 0 aliphatic rings. The predicted octanol–water partition coefficient (Wildman–Crippen LogP) is 3.99. The number of carbonyl (C=O) groups excluding carboxylic acids is 1. The third-order valence-electron chi connectivity index (χ3n) is 4.09. The number of benzene rings is 1. The van der Waals surface area contributed by atoms with Gasteiger partial charge in [0, 0.05) is 11.1 Å². The molecule has 0 bridgehead atoms. The Hall–Kier alpha value is -2.74. The average molecular weight is 415 g/mol. The van der Waals surface area contributed by atoms with Crippen LogP contribution in [0.4, 0.5) is 0 Å². The number of furan rings is 1. The lowest BCUT2D eigenvalue weighted by molar-refractivity contribution is -0.121. The van der Waals surface area contributed by atoms with E-state index in [1.54, 1.807) is 13.4 Å². The number of hydrogen-bond acceptors (Lipinski definition) is 6. The second-order valence-corrected chi connectivity index (χ2v) is 9.01. The van der Waals surface area contributed by atoms with E-state index in [-0.39, 0.29) is 16.7 Å². The summed E-state index contributed by atoms with van der Waals surface area (Å²) in [5, 5.41) is 12.1. The molecule has 0 saturated heterocycles. The monoisotopic (exact) mass is 414 g/mol. The van der Waals surface area contributed by atoms with Crippen molar-refractivity contribution in [3.05, 3.63) is 48.4 Å². The van der Waals surface area contributed by atoms with Gasteiger partial charge in [-0.25, -0.2) is 0 Å². The number of hydrogen-bond donors (Lipinski definition) is 1. The van der Waals surface area contributed by atoms with Crippen LogP contribution < -0.4 is 10.1 Å². The van der Waals surface area contributed by atoms with Crippen molar-refractivity contribution in [1.29, 1.82) is 0 Å². The highest BCUT2D eigenvalue weighted by molar-refractivity contribution is 8.00. The van der Waals surface area contributed by atoms with Gasteiger partial charge in [-0.2, -0.15) is 0 Å². The van der Waals surface area contributed by atoms with Crippen LogP contribution in [0.2, 0.25) is 0 Å². The van der Waals surface area contributed by atoms with E-state index in [2.05, 4.69) is 15.5 Å². The Morgan fingerprint density at radius 3 is 2.72 bits per heavy atom. The Labute approximate surface area is 174 Å². The van der Waals surface area contributed by atoms with Gasteiger partial charge < -0.3 is 14.5 Å². The Kier molecular flexibility index (Phi) is 6.32. The number of amides is 1. The highest BCUT2D eigenvalue weighted by atomic mass is 32.2. The Morgan fingerprint density at radius 2 is 2.07 bits per heavy atom. The van der Waals surface area contributed by atoms with Crippen molar-refractivity contribution in [3.8, 4) is 17.1 Å². The quantitative estimate of drug-likeness (QED) is 0.589. The molecule has 1 N–H and O–H groups in total. The zero-order valence-electron chi connectivity index (χ0n) is 17.3. The molecule has 3 aromatic rings. The molecule has 0 radical (unpaired) electrons. The van der Waals surface area contributed by atoms with Crippen LogP contribution in [0.15, 0.2) is 52.2 Å². The number of carbonyl (C=O) groups is 1. The number of nitrogens with one attached hydrogen (secondary N) is 1. The first-order valence-corrected chi connectivity index (χ1v) is 10.2. The molecular formula is C21H26N4O3S. The molecule has 2 heterocycles. The molecule has 154 valence electrons. The molecule has 1 amide bonds. The van der Waals surface area contributed by atoms with E-state index >= 15 is 0 Å². The largest absolute Gasteiger partial charge is 0.497 e. The van der Waals surface area contributed by atoms with Crippen LogP contribution in [0, 0.1) is 0 Å². The average Bonchev–Trinajstić information content (AvgIpc) is 3.31. The van der Waals surface area contributed by atoms with Crippen molar-refractivity contribution in [2.24, 2.45) is 0 Å². The van der Waals surface area contributed by atoms with Crippen molar-refractivity contribution in [2.75, 3.05) is 7.11 Å². The zero-order chi connectivity index (χ0) is 21.0. The highest BCUT2D eigenvalue weighted by Crippen LogP contribution is 2.29. The van der Waals surface area contributed by atoms with Gasteiger partial charge in [0.25, 0.3) is 0 Å². The lowest BCUT2D eigenvalue weighted by Crippen LogP contribution is -2.44. The fraction of sp³-hybridized carbons (Fsp3) is 0.381. The van der Waals surface area contributed by atoms with Crippen LogP contribution >= 0.6 is 11.8 Å². The van der Waals surface area contributed by atoms with Crippen molar-refractivity contribution < 1.29 is 13.9 Å². The molecule has 8 heteroatoms. The van der Waals surface area contributed by atoms with Gasteiger partial charge in [0.2, 0.25) is 5.91 Å². The summed E-state index contributed by atoms with van der Waals surface area (Å²) in [6.07, 6.45) is 1.64. The summed E-state index contributed by atoms with van der Waals surface area (Å²) in [5.41, 5.74) is 0.585. The molecule has 0 aliphatic carbocycles. The SMILES string of the molecule is COc1cccc(-c2nnc(S[C@H](C)C(=O)NC(C)(C)C)n2Cc2ccco2)c1. The molecule has 0 unspecified atom stereocenters. The fourth-order valence-electron chi connectivity index (χ4n) is 2.74. The molecule has 0 saturated carbocycles. The van der Waals surface area contributed by atoms with E-state index in [9.17, 15) is 4.79 Å². The number of nitrogens with zero attached hydrogens (tertiary/aromatic N) is 3. The van der Waals surface area contributed by atoms with Crippen molar-refractivity contribution in [2.45, 2.75) is 50.2 Å². The summed E-state index contributed by atoms with van der Waals surface area (Å²) in [4.78, 5) is 12.5. The van der Waals surface area contributed by atoms with Crippen LogP contribution in [0.5, 0.6) is 5.75 Å². The minimum Gasteiger partial charge on any atom is -0.497 e. The van der Waals surface area contributed by atoms with E-state index in [1.807, 2.05) is 68.7 Å². The van der Waals surface area contributed by atoms with Gasteiger partial charge in [0.15, 0.2) is 11.0 Å². The van der Waals surface area contributed by atoms with Crippen molar-refractivity contribution in [1.82, 2.24) is 20.1 Å². The van der Waals surface area contributed by atoms with E-state index in [0.29, 0.717) is 17.5 Å². The first-order chi connectivity index (χ1) is 13.8. The molecule has 0 aliphatic heterocycles. The normalized spacial score (nSPS) is 12.6. The van der Waals surface area contributed by atoms with Crippen LogP contribution in [0.1, 0.15) is 33.5 Å². The van der Waals surface area contributed by atoms with E-state index in [1.165, 1.54) is 11.8 Å². The summed E-state index contributed by atoms with van der Waals surface area (Å²) in [7, 11) is 1.63. The summed E-state index contributed by atoms with van der Waals surface area (Å²) < 4.78 is 12.8. The maximum atomic E-state index is 12.5. The molecule has 7 nitrogen and oxygen atoms in total. The number of aromatic nitrogens is 3. The van der Waals surface area contributed by atoms with Crippen LogP contribution in [-0.4, -0.2) is 38.6 Å². The maximum Gasteiger partial charge on any atom is 0.233 e. The standard InChI is InChI=1S/C21H26N4O3S/c1-14(19(26)22-21(2,3)4)29-20-24-23-18(15-8-6-9-16(12-15)27-5)25(20)13-17-10-7-11-28-17/h6-12,14H,13H2,1-5H3,(H,22,26)/t14-/m1/s1. The Bertz CT molecular complexity index is 961. The summed E-state index contributed by atoms with van der Waals surface area (Å²) in [6, 6.07) is 11.4. The summed E-state index contributed by atoms with van der Waals surface area (Å²) in [5.74, 6) is 2.16. The topological polar surface area (TPSA) is 82.2 Å². The minimum absolute atomic E-state index is 0.0435. The van der Waals surface area contributed by atoms with Gasteiger partial charge in [0.05, 0.1) is 25.2 Å². The number of ether oxygens (including phenoxy) is 1. The Balaban J connectivity index is 1.92. The van der Waals surface area contributed by atoms with Gasteiger partial charge in [0.1, 0.15) is 11.5 Å². The molecule has 2 aromatic heterocycles. The third-order valence-corrected chi connectivity index (χ3v) is 5.17. The van der Waals surface area contributed by atoms with E-state index in [4.69, 9.17) is 9.15 Å². The third kappa shape index (κ3) is 5.41. The lowest BCUT2D eigenvalue weighted by atomic mass is 10.1. The lowest BCUT2D eigenvalue weighted by Gasteiger charge is -2.22. The molecule has 3 rings (SSSR count). The number of thioether (sulfide) groups is 1. The number of rotatable bonds is 7. The first-order valence-electron chi connectivity index (χ1n) is 9.35. The van der Waals surface area contributed by atoms with Crippen LogP contribution in [0.25, 0.3) is 11.4 Å². The summed E-state index contributed by atoms with van der Waals surface area (Å²) in [6.45, 7) is 8.21. The highest BCUT2D eigenvalue weighted by Gasteiger charge is 2.24. The van der Waals surface area contributed by atoms with Gasteiger partial charge in [-0.15, -0.1) is 10.2 Å². The van der Waals surface area contributed by atoms with Gasteiger partial charge in [-0.1, -0.05) is 23.9 Å². The summed E-state index contributed by atoms with van der Waals surface area (Å²) >= 11 is 1.37. The van der Waals surface area contributed by atoms with Gasteiger partial charge >= 0.3 is 0 Å². The van der Waals surface area contributed by atoms with Crippen molar-refractivity contribution in [3.63, 3.8) is 0 Å². The zero-order valence-corrected chi connectivity index (χ0v) is 18.1. The molecular weight excluding hydrogens is 388 g/mol. The molecule has 29 heavy (non-hydrogen) atoms.